The highest BCUT2D eigenvalue weighted by Gasteiger charge is 2.32. The molecule has 0 aliphatic carbocycles. The number of amides is 2. The molecule has 0 unspecified atom stereocenters. The highest BCUT2D eigenvalue weighted by atomic mass is 32.2. The standard InChI is InChI=1S/C26H37N3O6S/c1-6-8-16-27-26(31)22(7-2)28(18-20-12-10-9-11-13-20)25(30)19-29(36(5,32)33)23-15-14-21(34-3)17-24(23)35-4/h9-15,17,22H,6-8,16,18-19H2,1-5H3,(H,27,31)/t22-/m1/s1. The zero-order valence-corrected chi connectivity index (χ0v) is 22.5. The maximum atomic E-state index is 13.7. The van der Waals surface area contributed by atoms with Crippen molar-refractivity contribution in [3.63, 3.8) is 0 Å². The topological polar surface area (TPSA) is 105 Å². The van der Waals surface area contributed by atoms with Crippen LogP contribution in [0, 0.1) is 0 Å². The van der Waals surface area contributed by atoms with Crippen LogP contribution < -0.4 is 19.1 Å². The van der Waals surface area contributed by atoms with E-state index in [0.717, 1.165) is 29.0 Å². The number of carbonyl (C=O) groups excluding carboxylic acids is 2. The summed E-state index contributed by atoms with van der Waals surface area (Å²) in [6.07, 6.45) is 3.16. The predicted molar refractivity (Wildman–Crippen MR) is 141 cm³/mol. The van der Waals surface area contributed by atoms with Crippen molar-refractivity contribution in [2.24, 2.45) is 0 Å². The Hall–Kier alpha value is -3.27. The first-order chi connectivity index (χ1) is 17.2. The molecule has 10 heteroatoms. The quantitative estimate of drug-likeness (QED) is 0.385. The van der Waals surface area contributed by atoms with Gasteiger partial charge in [-0.3, -0.25) is 13.9 Å². The van der Waals surface area contributed by atoms with Crippen molar-refractivity contribution < 1.29 is 27.5 Å². The van der Waals surface area contributed by atoms with Crippen LogP contribution in [0.15, 0.2) is 48.5 Å². The van der Waals surface area contributed by atoms with Crippen molar-refractivity contribution in [3.05, 3.63) is 54.1 Å². The Kier molecular flexibility index (Phi) is 11.0. The average Bonchev–Trinajstić information content (AvgIpc) is 2.86. The maximum Gasteiger partial charge on any atom is 0.244 e. The molecule has 1 atom stereocenters. The highest BCUT2D eigenvalue weighted by Crippen LogP contribution is 2.33. The van der Waals surface area contributed by atoms with Crippen LogP contribution in [0.2, 0.25) is 0 Å². The molecule has 2 aromatic rings. The summed E-state index contributed by atoms with van der Waals surface area (Å²) in [5, 5.41) is 2.90. The van der Waals surface area contributed by atoms with Crippen molar-refractivity contribution in [2.75, 3.05) is 37.9 Å². The predicted octanol–water partition coefficient (Wildman–Crippen LogP) is 3.19. The Labute approximate surface area is 214 Å². The third kappa shape index (κ3) is 7.87. The van der Waals surface area contributed by atoms with Gasteiger partial charge in [-0.2, -0.15) is 0 Å². The van der Waals surface area contributed by atoms with E-state index in [1.165, 1.54) is 25.2 Å². The molecule has 0 radical (unpaired) electrons. The fraction of sp³-hybridized carbons (Fsp3) is 0.462. The molecule has 2 rings (SSSR count). The molecule has 36 heavy (non-hydrogen) atoms. The normalized spacial score (nSPS) is 11.9. The van der Waals surface area contributed by atoms with Gasteiger partial charge in [0.25, 0.3) is 0 Å². The van der Waals surface area contributed by atoms with Crippen molar-refractivity contribution in [3.8, 4) is 11.5 Å². The minimum atomic E-state index is -3.88. The molecule has 0 spiro atoms. The second kappa shape index (κ2) is 13.7. The minimum Gasteiger partial charge on any atom is -0.497 e. The smallest absolute Gasteiger partial charge is 0.244 e. The van der Waals surface area contributed by atoms with Gasteiger partial charge in [0.15, 0.2) is 0 Å². The lowest BCUT2D eigenvalue weighted by Crippen LogP contribution is -2.52. The number of hydrogen-bond donors (Lipinski definition) is 1. The van der Waals surface area contributed by atoms with Gasteiger partial charge in [-0.25, -0.2) is 8.42 Å². The van der Waals surface area contributed by atoms with Gasteiger partial charge in [-0.1, -0.05) is 50.6 Å². The summed E-state index contributed by atoms with van der Waals surface area (Å²) < 4.78 is 37.2. The fourth-order valence-corrected chi connectivity index (χ4v) is 4.64. The molecule has 2 amide bonds. The van der Waals surface area contributed by atoms with Gasteiger partial charge in [0.2, 0.25) is 21.8 Å². The molecule has 9 nitrogen and oxygen atoms in total. The molecule has 198 valence electrons. The number of unbranched alkanes of at least 4 members (excludes halogenated alkanes) is 1. The number of anilines is 1. The van der Waals surface area contributed by atoms with Crippen molar-refractivity contribution in [1.82, 2.24) is 10.2 Å². The summed E-state index contributed by atoms with van der Waals surface area (Å²) in [5.74, 6) is -0.0368. The molecule has 2 aromatic carbocycles. The van der Waals surface area contributed by atoms with Crippen LogP contribution in [0.25, 0.3) is 0 Å². The van der Waals surface area contributed by atoms with Gasteiger partial charge >= 0.3 is 0 Å². The Balaban J connectivity index is 2.44. The number of ether oxygens (including phenoxy) is 2. The second-order valence-corrected chi connectivity index (χ2v) is 10.3. The summed E-state index contributed by atoms with van der Waals surface area (Å²) in [7, 11) is -0.974. The highest BCUT2D eigenvalue weighted by molar-refractivity contribution is 7.92. The molecule has 0 bridgehead atoms. The number of nitrogens with one attached hydrogen (secondary N) is 1. The Morgan fingerprint density at radius 3 is 2.28 bits per heavy atom. The van der Waals surface area contributed by atoms with Gasteiger partial charge in [-0.15, -0.1) is 0 Å². The molecule has 0 saturated heterocycles. The zero-order valence-electron chi connectivity index (χ0n) is 21.7. The second-order valence-electron chi connectivity index (χ2n) is 8.38. The summed E-state index contributed by atoms with van der Waals surface area (Å²) in [4.78, 5) is 28.2. The summed E-state index contributed by atoms with van der Waals surface area (Å²) in [5.41, 5.74) is 1.04. The average molecular weight is 520 g/mol. The van der Waals surface area contributed by atoms with Crippen LogP contribution in [-0.4, -0.2) is 64.7 Å². The Morgan fingerprint density at radius 1 is 1.03 bits per heavy atom. The molecule has 0 fully saturated rings. The number of rotatable bonds is 14. The first kappa shape index (κ1) is 29.0. The van der Waals surface area contributed by atoms with E-state index in [9.17, 15) is 18.0 Å². The van der Waals surface area contributed by atoms with E-state index in [1.54, 1.807) is 12.1 Å². The van der Waals surface area contributed by atoms with Gasteiger partial charge < -0.3 is 19.7 Å². The fourth-order valence-electron chi connectivity index (χ4n) is 3.79. The monoisotopic (exact) mass is 519 g/mol. The van der Waals surface area contributed by atoms with Crippen molar-refractivity contribution >= 4 is 27.5 Å². The van der Waals surface area contributed by atoms with Crippen LogP contribution in [0.5, 0.6) is 11.5 Å². The van der Waals surface area contributed by atoms with Crippen LogP contribution in [0.3, 0.4) is 0 Å². The summed E-state index contributed by atoms with van der Waals surface area (Å²) >= 11 is 0. The summed E-state index contributed by atoms with van der Waals surface area (Å²) in [6.45, 7) is 4.04. The van der Waals surface area contributed by atoms with E-state index in [2.05, 4.69) is 5.32 Å². The lowest BCUT2D eigenvalue weighted by Gasteiger charge is -2.33. The van der Waals surface area contributed by atoms with Crippen LogP contribution in [0.4, 0.5) is 5.69 Å². The molecule has 1 N–H and O–H groups in total. The number of benzene rings is 2. The van der Waals surface area contributed by atoms with E-state index in [4.69, 9.17) is 9.47 Å². The lowest BCUT2D eigenvalue weighted by molar-refractivity contribution is -0.140. The minimum absolute atomic E-state index is 0.163. The van der Waals surface area contributed by atoms with E-state index >= 15 is 0 Å². The Morgan fingerprint density at radius 2 is 1.72 bits per heavy atom. The number of carbonyl (C=O) groups is 2. The Bertz CT molecular complexity index is 1110. The number of hydrogen-bond acceptors (Lipinski definition) is 6. The van der Waals surface area contributed by atoms with Gasteiger partial charge in [0.05, 0.1) is 26.2 Å². The number of nitrogens with zero attached hydrogens (tertiary/aromatic N) is 2. The third-order valence-corrected chi connectivity index (χ3v) is 6.87. The molecule has 0 aliphatic rings. The van der Waals surface area contributed by atoms with Gasteiger partial charge in [-0.05, 0) is 30.5 Å². The third-order valence-electron chi connectivity index (χ3n) is 5.75. The first-order valence-corrected chi connectivity index (χ1v) is 13.8. The molecule has 0 aromatic heterocycles. The van der Waals surface area contributed by atoms with Crippen molar-refractivity contribution in [1.29, 1.82) is 0 Å². The molecular formula is C26H37N3O6S. The van der Waals surface area contributed by atoms with Crippen molar-refractivity contribution in [2.45, 2.75) is 45.7 Å². The van der Waals surface area contributed by atoms with E-state index < -0.39 is 28.5 Å². The summed E-state index contributed by atoms with van der Waals surface area (Å²) in [6, 6.07) is 13.2. The van der Waals surface area contributed by atoms with Gasteiger partial charge in [0.1, 0.15) is 24.1 Å². The van der Waals surface area contributed by atoms with E-state index in [-0.39, 0.29) is 23.9 Å². The van der Waals surface area contributed by atoms with Crippen LogP contribution >= 0.6 is 0 Å². The SMILES string of the molecule is CCCCNC(=O)[C@@H](CC)N(Cc1ccccc1)C(=O)CN(c1ccc(OC)cc1OC)S(C)(=O)=O. The van der Waals surface area contributed by atoms with Crippen LogP contribution in [0.1, 0.15) is 38.7 Å². The molecule has 0 heterocycles. The van der Waals surface area contributed by atoms with Crippen LogP contribution in [-0.2, 0) is 26.2 Å². The van der Waals surface area contributed by atoms with E-state index in [0.29, 0.717) is 18.7 Å². The first-order valence-electron chi connectivity index (χ1n) is 12.0. The maximum absolute atomic E-state index is 13.7. The van der Waals surface area contributed by atoms with Gasteiger partial charge in [0, 0.05) is 19.2 Å². The largest absolute Gasteiger partial charge is 0.497 e. The number of sulfonamides is 1. The zero-order chi connectivity index (χ0) is 26.7. The molecule has 0 aliphatic heterocycles. The molecule has 0 saturated carbocycles. The van der Waals surface area contributed by atoms with E-state index in [1.807, 2.05) is 44.2 Å². The lowest BCUT2D eigenvalue weighted by atomic mass is 10.1. The molecular weight excluding hydrogens is 482 g/mol. The number of methoxy groups -OCH3 is 2.